The Kier molecular flexibility index (Phi) is 3.82. The van der Waals surface area contributed by atoms with Crippen molar-refractivity contribution >= 4 is 11.6 Å². The molecule has 0 amide bonds. The fourth-order valence-corrected chi connectivity index (χ4v) is 1.93. The smallest absolute Gasteiger partial charge is 0.226 e. The van der Waals surface area contributed by atoms with Gasteiger partial charge in [0.15, 0.2) is 0 Å². The van der Waals surface area contributed by atoms with E-state index in [1.54, 1.807) is 6.20 Å². The Hall–Kier alpha value is -1.61. The Labute approximate surface area is 112 Å². The van der Waals surface area contributed by atoms with Crippen LogP contribution in [0.25, 0.3) is 0 Å². The summed E-state index contributed by atoms with van der Waals surface area (Å²) < 4.78 is 5.86. The highest BCUT2D eigenvalue weighted by Gasteiger charge is 2.09. The lowest BCUT2D eigenvalue weighted by atomic mass is 10.1. The topological polar surface area (TPSA) is 35.0 Å². The van der Waals surface area contributed by atoms with Crippen molar-refractivity contribution in [2.24, 2.45) is 0 Å². The van der Waals surface area contributed by atoms with E-state index in [2.05, 4.69) is 23.0 Å². The van der Waals surface area contributed by atoms with Crippen LogP contribution in [0.4, 0.5) is 0 Å². The molecule has 1 aromatic carbocycles. The molecule has 0 fully saturated rings. The summed E-state index contributed by atoms with van der Waals surface area (Å²) in [6.07, 6.45) is 3.14. The zero-order valence-electron chi connectivity index (χ0n) is 10.7. The van der Waals surface area contributed by atoms with E-state index in [-0.39, 0.29) is 0 Å². The van der Waals surface area contributed by atoms with Gasteiger partial charge in [-0.25, -0.2) is 9.97 Å². The average molecular weight is 263 g/mol. The third-order valence-corrected chi connectivity index (χ3v) is 3.15. The minimum absolute atomic E-state index is 0.333. The summed E-state index contributed by atoms with van der Waals surface area (Å²) >= 11 is 5.84. The summed E-state index contributed by atoms with van der Waals surface area (Å²) in [4.78, 5) is 8.07. The van der Waals surface area contributed by atoms with Crippen LogP contribution in [0.5, 0.6) is 11.6 Å². The Morgan fingerprint density at radius 2 is 2.00 bits per heavy atom. The third kappa shape index (κ3) is 2.62. The third-order valence-electron chi connectivity index (χ3n) is 2.86. The molecule has 0 unspecified atom stereocenters. The molecule has 0 spiro atoms. The molecule has 0 aliphatic carbocycles. The van der Waals surface area contributed by atoms with Crippen LogP contribution in [-0.2, 0) is 5.88 Å². The van der Waals surface area contributed by atoms with Crippen molar-refractivity contribution in [3.63, 3.8) is 0 Å². The van der Waals surface area contributed by atoms with Crippen molar-refractivity contribution in [3.05, 3.63) is 46.9 Å². The number of hydrogen-bond donors (Lipinski definition) is 0. The second kappa shape index (κ2) is 5.36. The van der Waals surface area contributed by atoms with Crippen molar-refractivity contribution in [3.8, 4) is 11.6 Å². The van der Waals surface area contributed by atoms with Crippen LogP contribution in [0.15, 0.2) is 24.7 Å². The first-order chi connectivity index (χ1) is 8.61. The predicted molar refractivity (Wildman–Crippen MR) is 72.3 cm³/mol. The van der Waals surface area contributed by atoms with Crippen LogP contribution < -0.4 is 4.74 Å². The normalized spacial score (nSPS) is 10.4. The SMILES string of the molecule is Cc1cc(C)c(C)c(Oc2ncncc2CCl)c1. The largest absolute Gasteiger partial charge is 0.438 e. The maximum Gasteiger partial charge on any atom is 0.226 e. The van der Waals surface area contributed by atoms with E-state index >= 15 is 0 Å². The lowest BCUT2D eigenvalue weighted by molar-refractivity contribution is 0.452. The number of halogens is 1. The molecule has 0 bridgehead atoms. The lowest BCUT2D eigenvalue weighted by Gasteiger charge is -2.12. The summed E-state index contributed by atoms with van der Waals surface area (Å²) in [5, 5.41) is 0. The molecule has 2 aromatic rings. The van der Waals surface area contributed by atoms with Gasteiger partial charge in [0.05, 0.1) is 5.88 Å². The molecule has 94 valence electrons. The zero-order chi connectivity index (χ0) is 13.1. The van der Waals surface area contributed by atoms with Crippen molar-refractivity contribution in [1.82, 2.24) is 9.97 Å². The van der Waals surface area contributed by atoms with Crippen molar-refractivity contribution < 1.29 is 4.74 Å². The summed E-state index contributed by atoms with van der Waals surface area (Å²) in [5.74, 6) is 1.67. The maximum absolute atomic E-state index is 5.86. The highest BCUT2D eigenvalue weighted by atomic mass is 35.5. The summed E-state index contributed by atoms with van der Waals surface area (Å²) in [5.41, 5.74) is 4.26. The van der Waals surface area contributed by atoms with E-state index in [4.69, 9.17) is 16.3 Å². The Bertz CT molecular complexity index is 570. The maximum atomic E-state index is 5.86. The van der Waals surface area contributed by atoms with Gasteiger partial charge in [-0.1, -0.05) is 6.07 Å². The van der Waals surface area contributed by atoms with Crippen LogP contribution in [0.2, 0.25) is 0 Å². The van der Waals surface area contributed by atoms with Crippen molar-refractivity contribution in [2.75, 3.05) is 0 Å². The van der Waals surface area contributed by atoms with Gasteiger partial charge in [0.25, 0.3) is 0 Å². The van der Waals surface area contributed by atoms with Gasteiger partial charge in [0, 0.05) is 11.8 Å². The number of benzene rings is 1. The first kappa shape index (κ1) is 12.8. The number of aryl methyl sites for hydroxylation is 2. The second-order valence-corrected chi connectivity index (χ2v) is 4.56. The van der Waals surface area contributed by atoms with Crippen molar-refractivity contribution in [2.45, 2.75) is 26.7 Å². The molecule has 4 heteroatoms. The quantitative estimate of drug-likeness (QED) is 0.786. The van der Waals surface area contributed by atoms with E-state index < -0.39 is 0 Å². The number of aromatic nitrogens is 2. The molecule has 0 saturated heterocycles. The van der Waals surface area contributed by atoms with Gasteiger partial charge in [-0.05, 0) is 43.5 Å². The average Bonchev–Trinajstić information content (AvgIpc) is 2.36. The monoisotopic (exact) mass is 262 g/mol. The first-order valence-electron chi connectivity index (χ1n) is 5.72. The predicted octanol–water partition coefficient (Wildman–Crippen LogP) is 3.93. The molecule has 0 atom stereocenters. The number of alkyl halides is 1. The van der Waals surface area contributed by atoms with Gasteiger partial charge in [-0.3, -0.25) is 0 Å². The van der Waals surface area contributed by atoms with Gasteiger partial charge < -0.3 is 4.74 Å². The molecule has 0 radical (unpaired) electrons. The second-order valence-electron chi connectivity index (χ2n) is 4.29. The van der Waals surface area contributed by atoms with Crippen molar-refractivity contribution in [1.29, 1.82) is 0 Å². The molecule has 2 rings (SSSR count). The molecule has 0 aliphatic rings. The molecule has 18 heavy (non-hydrogen) atoms. The van der Waals surface area contributed by atoms with E-state index in [1.807, 2.05) is 19.9 Å². The van der Waals surface area contributed by atoms with E-state index in [0.717, 1.165) is 22.4 Å². The highest BCUT2D eigenvalue weighted by Crippen LogP contribution is 2.29. The molecule has 0 aliphatic heterocycles. The van der Waals surface area contributed by atoms with E-state index in [0.29, 0.717) is 11.8 Å². The minimum atomic E-state index is 0.333. The Morgan fingerprint density at radius 1 is 1.22 bits per heavy atom. The van der Waals surface area contributed by atoms with Crippen LogP contribution in [0.1, 0.15) is 22.3 Å². The number of nitrogens with zero attached hydrogens (tertiary/aromatic N) is 2. The Morgan fingerprint density at radius 3 is 2.72 bits per heavy atom. The molecule has 1 heterocycles. The Balaban J connectivity index is 2.40. The molecule has 0 saturated carbocycles. The van der Waals surface area contributed by atoms with Crippen LogP contribution >= 0.6 is 11.6 Å². The minimum Gasteiger partial charge on any atom is -0.438 e. The first-order valence-corrected chi connectivity index (χ1v) is 6.26. The van der Waals surface area contributed by atoms with Crippen LogP contribution in [-0.4, -0.2) is 9.97 Å². The zero-order valence-corrected chi connectivity index (χ0v) is 11.5. The molecule has 1 aromatic heterocycles. The molecular formula is C14H15ClN2O. The van der Waals surface area contributed by atoms with Gasteiger partial charge in [-0.15, -0.1) is 11.6 Å². The summed E-state index contributed by atoms with van der Waals surface area (Å²) in [7, 11) is 0. The number of rotatable bonds is 3. The molecular weight excluding hydrogens is 248 g/mol. The summed E-state index contributed by atoms with van der Waals surface area (Å²) in [6.45, 7) is 6.14. The fraction of sp³-hybridized carbons (Fsp3) is 0.286. The number of hydrogen-bond acceptors (Lipinski definition) is 3. The van der Waals surface area contributed by atoms with Crippen LogP contribution in [0.3, 0.4) is 0 Å². The highest BCUT2D eigenvalue weighted by molar-refractivity contribution is 6.17. The van der Waals surface area contributed by atoms with Gasteiger partial charge in [-0.2, -0.15) is 0 Å². The van der Waals surface area contributed by atoms with Crippen LogP contribution in [0, 0.1) is 20.8 Å². The van der Waals surface area contributed by atoms with Gasteiger partial charge >= 0.3 is 0 Å². The fourth-order valence-electron chi connectivity index (χ4n) is 1.74. The summed E-state index contributed by atoms with van der Waals surface area (Å²) in [6, 6.07) is 4.13. The standard InChI is InChI=1S/C14H15ClN2O/c1-9-4-10(2)11(3)13(5-9)18-14-12(6-15)7-16-8-17-14/h4-5,7-8H,6H2,1-3H3. The number of ether oxygens (including phenoxy) is 1. The lowest BCUT2D eigenvalue weighted by Crippen LogP contribution is -1.97. The molecule has 0 N–H and O–H groups in total. The van der Waals surface area contributed by atoms with Gasteiger partial charge in [0.2, 0.25) is 5.88 Å². The van der Waals surface area contributed by atoms with E-state index in [9.17, 15) is 0 Å². The van der Waals surface area contributed by atoms with Gasteiger partial charge in [0.1, 0.15) is 12.1 Å². The molecule has 3 nitrogen and oxygen atoms in total. The van der Waals surface area contributed by atoms with E-state index in [1.165, 1.54) is 11.9 Å².